The Labute approximate surface area is 177 Å². The lowest BCUT2D eigenvalue weighted by Gasteiger charge is -2.17. The summed E-state index contributed by atoms with van der Waals surface area (Å²) in [5, 5.41) is 16.2. The lowest BCUT2D eigenvalue weighted by atomic mass is 10.2. The molecule has 6 nitrogen and oxygen atoms in total. The number of nitrogens with zero attached hydrogens (tertiary/aromatic N) is 4. The smallest absolute Gasteiger partial charge is 0.191 e. The normalized spacial score (nSPS) is 20.2. The molecule has 1 saturated carbocycles. The van der Waals surface area contributed by atoms with E-state index < -0.39 is 0 Å². The highest BCUT2D eigenvalue weighted by atomic mass is 127. The van der Waals surface area contributed by atoms with Crippen LogP contribution < -0.4 is 10.6 Å². The Morgan fingerprint density at radius 3 is 3.00 bits per heavy atom. The Balaban J connectivity index is 0.00000243. The molecule has 2 aromatic rings. The number of aromatic nitrogens is 3. The van der Waals surface area contributed by atoms with Crippen molar-refractivity contribution < 1.29 is 0 Å². The van der Waals surface area contributed by atoms with E-state index in [1.165, 1.54) is 25.0 Å². The van der Waals surface area contributed by atoms with Gasteiger partial charge >= 0.3 is 0 Å². The average Bonchev–Trinajstić information content (AvgIpc) is 3.23. The highest BCUT2D eigenvalue weighted by Gasteiger charge is 2.25. The fourth-order valence-corrected chi connectivity index (χ4v) is 4.44. The van der Waals surface area contributed by atoms with Gasteiger partial charge in [-0.05, 0) is 44.1 Å². The molecule has 0 bridgehead atoms. The number of halogens is 1. The fraction of sp³-hybridized carbons (Fsp3) is 0.611. The summed E-state index contributed by atoms with van der Waals surface area (Å²) >= 11 is 2.08. The molecular weight excluding hydrogens is 459 g/mol. The van der Waals surface area contributed by atoms with Gasteiger partial charge in [0.1, 0.15) is 5.82 Å². The van der Waals surface area contributed by atoms with E-state index in [9.17, 15) is 0 Å². The zero-order chi connectivity index (χ0) is 17.5. The fourth-order valence-electron chi connectivity index (χ4n) is 3.30. The standard InChI is InChI=1S/C18H28N6S.HI/c1-3-19-18(21-14-8-9-15(13-14)25-4-2)20-11-10-17-23-22-16-7-5-6-12-24(16)17;/h5-7,12,14-15H,3-4,8-11,13H2,1-2H3,(H2,19,20,21);1H. The van der Waals surface area contributed by atoms with Gasteiger partial charge in [-0.1, -0.05) is 13.0 Å². The van der Waals surface area contributed by atoms with Gasteiger partial charge in [-0.2, -0.15) is 11.8 Å². The summed E-state index contributed by atoms with van der Waals surface area (Å²) in [7, 11) is 0. The molecule has 0 saturated heterocycles. The first kappa shape index (κ1) is 21.3. The second-order valence-electron chi connectivity index (χ2n) is 6.29. The van der Waals surface area contributed by atoms with Gasteiger partial charge in [-0.3, -0.25) is 9.39 Å². The molecule has 1 aliphatic carbocycles. The zero-order valence-corrected chi connectivity index (χ0v) is 18.7. The molecule has 8 heteroatoms. The molecule has 0 aliphatic heterocycles. The van der Waals surface area contributed by atoms with Crippen LogP contribution in [0.1, 0.15) is 38.9 Å². The summed E-state index contributed by atoms with van der Waals surface area (Å²) in [5.74, 6) is 3.08. The predicted octanol–water partition coefficient (Wildman–Crippen LogP) is 3.12. The van der Waals surface area contributed by atoms with Crippen molar-refractivity contribution in [3.8, 4) is 0 Å². The van der Waals surface area contributed by atoms with Crippen LogP contribution in [0, 0.1) is 0 Å². The third-order valence-corrected chi connectivity index (χ3v) is 5.69. The molecule has 26 heavy (non-hydrogen) atoms. The summed E-state index contributed by atoms with van der Waals surface area (Å²) in [6.07, 6.45) is 6.55. The molecule has 2 heterocycles. The topological polar surface area (TPSA) is 66.6 Å². The number of nitrogens with one attached hydrogen (secondary N) is 2. The number of guanidine groups is 1. The van der Waals surface area contributed by atoms with Gasteiger partial charge in [0.15, 0.2) is 11.6 Å². The first-order valence-electron chi connectivity index (χ1n) is 9.25. The Bertz CT molecular complexity index is 704. The van der Waals surface area contributed by atoms with Crippen molar-refractivity contribution in [1.29, 1.82) is 0 Å². The van der Waals surface area contributed by atoms with Crippen LogP contribution in [0.15, 0.2) is 29.4 Å². The van der Waals surface area contributed by atoms with Crippen molar-refractivity contribution >= 4 is 47.3 Å². The van der Waals surface area contributed by atoms with E-state index in [4.69, 9.17) is 4.99 Å². The monoisotopic (exact) mass is 488 g/mol. The molecule has 0 amide bonds. The minimum Gasteiger partial charge on any atom is -0.357 e. The summed E-state index contributed by atoms with van der Waals surface area (Å²) in [6.45, 7) is 5.92. The van der Waals surface area contributed by atoms with E-state index >= 15 is 0 Å². The third-order valence-electron chi connectivity index (χ3n) is 4.46. The van der Waals surface area contributed by atoms with Crippen LogP contribution in [0.25, 0.3) is 5.65 Å². The van der Waals surface area contributed by atoms with Gasteiger partial charge < -0.3 is 10.6 Å². The molecule has 2 atom stereocenters. The lowest BCUT2D eigenvalue weighted by molar-refractivity contribution is 0.614. The number of hydrogen-bond acceptors (Lipinski definition) is 4. The Morgan fingerprint density at radius 1 is 1.31 bits per heavy atom. The van der Waals surface area contributed by atoms with Gasteiger partial charge in [-0.25, -0.2) is 0 Å². The van der Waals surface area contributed by atoms with Crippen molar-refractivity contribution in [1.82, 2.24) is 25.2 Å². The maximum atomic E-state index is 4.74. The van der Waals surface area contributed by atoms with E-state index in [-0.39, 0.29) is 24.0 Å². The summed E-state index contributed by atoms with van der Waals surface area (Å²) in [5.41, 5.74) is 0.886. The van der Waals surface area contributed by atoms with Crippen LogP contribution in [-0.4, -0.2) is 50.7 Å². The largest absolute Gasteiger partial charge is 0.357 e. The molecule has 144 valence electrons. The van der Waals surface area contributed by atoms with Crippen molar-refractivity contribution in [2.75, 3.05) is 18.8 Å². The second kappa shape index (κ2) is 11.0. The maximum absolute atomic E-state index is 4.74. The van der Waals surface area contributed by atoms with Crippen molar-refractivity contribution in [2.24, 2.45) is 4.99 Å². The molecule has 0 aromatic carbocycles. The summed E-state index contributed by atoms with van der Waals surface area (Å²) in [4.78, 5) is 4.74. The first-order chi connectivity index (χ1) is 12.3. The zero-order valence-electron chi connectivity index (χ0n) is 15.5. The average molecular weight is 488 g/mol. The molecule has 2 unspecified atom stereocenters. The van der Waals surface area contributed by atoms with E-state index in [0.717, 1.165) is 35.6 Å². The van der Waals surface area contributed by atoms with Gasteiger partial charge in [0.25, 0.3) is 0 Å². The first-order valence-corrected chi connectivity index (χ1v) is 10.3. The SMILES string of the molecule is CCNC(=NCCc1nnc2ccccn12)NC1CCC(SCC)C1.I. The number of thioether (sulfide) groups is 1. The van der Waals surface area contributed by atoms with Gasteiger partial charge in [0.2, 0.25) is 0 Å². The van der Waals surface area contributed by atoms with Crippen LogP contribution in [-0.2, 0) is 6.42 Å². The quantitative estimate of drug-likeness (QED) is 0.356. The Morgan fingerprint density at radius 2 is 2.19 bits per heavy atom. The third kappa shape index (κ3) is 5.73. The number of rotatable bonds is 7. The maximum Gasteiger partial charge on any atom is 0.191 e. The van der Waals surface area contributed by atoms with E-state index in [0.29, 0.717) is 12.6 Å². The highest BCUT2D eigenvalue weighted by Crippen LogP contribution is 2.29. The van der Waals surface area contributed by atoms with E-state index in [2.05, 4.69) is 46.4 Å². The number of pyridine rings is 1. The summed E-state index contributed by atoms with van der Waals surface area (Å²) < 4.78 is 2.03. The van der Waals surface area contributed by atoms with Crippen LogP contribution >= 0.6 is 35.7 Å². The second-order valence-corrected chi connectivity index (χ2v) is 7.86. The molecule has 2 aromatic heterocycles. The van der Waals surface area contributed by atoms with Crippen LogP contribution in [0.5, 0.6) is 0 Å². The van der Waals surface area contributed by atoms with Crippen molar-refractivity contribution in [3.05, 3.63) is 30.2 Å². The highest BCUT2D eigenvalue weighted by molar-refractivity contribution is 14.0. The molecular formula is C18H29IN6S. The number of fused-ring (bicyclic) bond motifs is 1. The van der Waals surface area contributed by atoms with Gasteiger partial charge in [-0.15, -0.1) is 34.2 Å². The molecule has 1 aliphatic rings. The number of hydrogen-bond donors (Lipinski definition) is 2. The van der Waals surface area contributed by atoms with Crippen molar-refractivity contribution in [3.63, 3.8) is 0 Å². The minimum absolute atomic E-state index is 0. The molecule has 1 fully saturated rings. The summed E-state index contributed by atoms with van der Waals surface area (Å²) in [6, 6.07) is 6.48. The predicted molar refractivity (Wildman–Crippen MR) is 121 cm³/mol. The molecule has 3 rings (SSSR count). The van der Waals surface area contributed by atoms with Gasteiger partial charge in [0, 0.05) is 37.0 Å². The van der Waals surface area contributed by atoms with Crippen molar-refractivity contribution in [2.45, 2.75) is 50.8 Å². The van der Waals surface area contributed by atoms with Crippen LogP contribution in [0.3, 0.4) is 0 Å². The van der Waals surface area contributed by atoms with E-state index in [1.807, 2.05) is 28.8 Å². The van der Waals surface area contributed by atoms with Crippen LogP contribution in [0.4, 0.5) is 0 Å². The Hall–Kier alpha value is -1.03. The molecule has 0 spiro atoms. The van der Waals surface area contributed by atoms with Crippen LogP contribution in [0.2, 0.25) is 0 Å². The Kier molecular flexibility index (Phi) is 8.97. The lowest BCUT2D eigenvalue weighted by Crippen LogP contribution is -2.42. The van der Waals surface area contributed by atoms with E-state index in [1.54, 1.807) is 0 Å². The minimum atomic E-state index is 0. The van der Waals surface area contributed by atoms with Gasteiger partial charge in [0.05, 0.1) is 0 Å². The molecule has 2 N–H and O–H groups in total. The molecule has 0 radical (unpaired) electrons. The number of aliphatic imine (C=N–C) groups is 1.